The largest absolute Gasteiger partial charge is 0.468 e. The van der Waals surface area contributed by atoms with E-state index < -0.39 is 0 Å². The molecule has 1 N–H and O–H groups in total. The van der Waals surface area contributed by atoms with Gasteiger partial charge in [-0.1, -0.05) is 26.7 Å². The molecule has 1 aliphatic heterocycles. The molecular weight excluding hydrogens is 260 g/mol. The van der Waals surface area contributed by atoms with E-state index in [2.05, 4.69) is 30.1 Å². The van der Waals surface area contributed by atoms with Crippen LogP contribution in [0.4, 0.5) is 0 Å². The average Bonchev–Trinajstić information content (AvgIpc) is 2.79. The van der Waals surface area contributed by atoms with Crippen LogP contribution in [-0.2, 0) is 13.1 Å². The lowest BCUT2D eigenvalue weighted by atomic mass is 9.96. The van der Waals surface area contributed by atoms with Gasteiger partial charge in [0.05, 0.1) is 12.8 Å². The van der Waals surface area contributed by atoms with Gasteiger partial charge in [0.1, 0.15) is 5.76 Å². The van der Waals surface area contributed by atoms with Crippen LogP contribution in [0, 0.1) is 5.92 Å². The average molecular weight is 292 g/mol. The highest BCUT2D eigenvalue weighted by molar-refractivity contribution is 5.16. The molecule has 2 rings (SSSR count). The zero-order valence-electron chi connectivity index (χ0n) is 13.9. The van der Waals surface area contributed by atoms with Crippen LogP contribution < -0.4 is 5.32 Å². The van der Waals surface area contributed by atoms with Crippen LogP contribution in [0.3, 0.4) is 0 Å². The predicted molar refractivity (Wildman–Crippen MR) is 88.2 cm³/mol. The number of furan rings is 1. The number of rotatable bonds is 8. The van der Waals surface area contributed by atoms with Crippen LogP contribution >= 0.6 is 0 Å². The van der Waals surface area contributed by atoms with Gasteiger partial charge < -0.3 is 9.73 Å². The Kier molecular flexibility index (Phi) is 7.31. The van der Waals surface area contributed by atoms with Gasteiger partial charge in [-0.15, -0.1) is 0 Å². The molecule has 1 atom stereocenters. The second-order valence-electron chi connectivity index (χ2n) is 6.41. The molecular formula is C18H32N2O. The number of nitrogens with zero attached hydrogens (tertiary/aromatic N) is 1. The van der Waals surface area contributed by atoms with Crippen molar-refractivity contribution in [2.75, 3.05) is 19.6 Å². The smallest absolute Gasteiger partial charge is 0.122 e. The van der Waals surface area contributed by atoms with E-state index in [1.54, 1.807) is 0 Å². The second-order valence-corrected chi connectivity index (χ2v) is 6.41. The first-order valence-electron chi connectivity index (χ1n) is 8.81. The Labute approximate surface area is 130 Å². The fourth-order valence-electron chi connectivity index (χ4n) is 3.35. The van der Waals surface area contributed by atoms with Gasteiger partial charge in [-0.3, -0.25) is 4.90 Å². The molecule has 0 bridgehead atoms. The maximum atomic E-state index is 5.73. The van der Waals surface area contributed by atoms with Gasteiger partial charge in [0.2, 0.25) is 0 Å². The van der Waals surface area contributed by atoms with E-state index in [-0.39, 0.29) is 0 Å². The van der Waals surface area contributed by atoms with E-state index in [1.165, 1.54) is 57.2 Å². The number of hydrogen-bond donors (Lipinski definition) is 1. The summed E-state index contributed by atoms with van der Waals surface area (Å²) >= 11 is 0. The van der Waals surface area contributed by atoms with Crippen LogP contribution in [-0.4, -0.2) is 24.5 Å². The van der Waals surface area contributed by atoms with Gasteiger partial charge in [-0.2, -0.15) is 0 Å². The van der Waals surface area contributed by atoms with Gasteiger partial charge in [-0.25, -0.2) is 0 Å². The summed E-state index contributed by atoms with van der Waals surface area (Å²) in [6.07, 6.45) is 9.87. The molecule has 2 heterocycles. The molecule has 1 fully saturated rings. The summed E-state index contributed by atoms with van der Waals surface area (Å²) in [6, 6.07) is 2.12. The van der Waals surface area contributed by atoms with E-state index in [0.29, 0.717) is 0 Å². The minimum absolute atomic E-state index is 0.936. The number of hydrogen-bond acceptors (Lipinski definition) is 3. The first kappa shape index (κ1) is 16.6. The van der Waals surface area contributed by atoms with Crippen molar-refractivity contribution in [1.82, 2.24) is 10.2 Å². The fraction of sp³-hybridized carbons (Fsp3) is 0.778. The molecule has 0 amide bonds. The molecule has 21 heavy (non-hydrogen) atoms. The molecule has 1 aliphatic rings. The van der Waals surface area contributed by atoms with Gasteiger partial charge in [0.15, 0.2) is 0 Å². The van der Waals surface area contributed by atoms with Crippen molar-refractivity contribution in [1.29, 1.82) is 0 Å². The maximum absolute atomic E-state index is 5.73. The Morgan fingerprint density at radius 2 is 2.14 bits per heavy atom. The Bertz CT molecular complexity index is 388. The van der Waals surface area contributed by atoms with Gasteiger partial charge in [0.25, 0.3) is 0 Å². The van der Waals surface area contributed by atoms with E-state index in [1.807, 2.05) is 6.26 Å². The summed E-state index contributed by atoms with van der Waals surface area (Å²) in [4.78, 5) is 2.58. The summed E-state index contributed by atoms with van der Waals surface area (Å²) in [7, 11) is 0. The van der Waals surface area contributed by atoms with Crippen molar-refractivity contribution >= 4 is 0 Å². The minimum Gasteiger partial charge on any atom is -0.468 e. The second kappa shape index (κ2) is 9.26. The molecule has 1 aromatic heterocycles. The number of likely N-dealkylation sites (tertiary alicyclic amines) is 1. The lowest BCUT2D eigenvalue weighted by molar-refractivity contribution is 0.247. The van der Waals surface area contributed by atoms with Crippen LogP contribution in [0.1, 0.15) is 63.7 Å². The number of nitrogens with one attached hydrogen (secondary N) is 1. The van der Waals surface area contributed by atoms with Crippen molar-refractivity contribution in [2.45, 2.75) is 65.5 Å². The third-order valence-corrected chi connectivity index (χ3v) is 4.58. The predicted octanol–water partition coefficient (Wildman–Crippen LogP) is 4.18. The molecule has 0 radical (unpaired) electrons. The summed E-state index contributed by atoms with van der Waals surface area (Å²) in [5, 5.41) is 3.47. The molecule has 0 aromatic carbocycles. The monoisotopic (exact) mass is 292 g/mol. The molecule has 1 unspecified atom stereocenters. The molecule has 0 spiro atoms. The van der Waals surface area contributed by atoms with Crippen LogP contribution in [0.15, 0.2) is 16.7 Å². The molecule has 1 saturated heterocycles. The van der Waals surface area contributed by atoms with Crippen molar-refractivity contribution in [3.05, 3.63) is 23.7 Å². The Morgan fingerprint density at radius 3 is 2.95 bits per heavy atom. The zero-order chi connectivity index (χ0) is 14.9. The highest BCUT2D eigenvalue weighted by Crippen LogP contribution is 2.23. The fourth-order valence-corrected chi connectivity index (χ4v) is 3.35. The van der Waals surface area contributed by atoms with Crippen LogP contribution in [0.5, 0.6) is 0 Å². The standard InChI is InChI=1S/C18H32N2O/c1-3-6-16-7-5-11-20(12-8-16)15-18-17(9-13-21-18)14-19-10-4-2/h9,13,16,19H,3-8,10-12,14-15H2,1-2H3. The topological polar surface area (TPSA) is 28.4 Å². The van der Waals surface area contributed by atoms with Crippen LogP contribution in [0.2, 0.25) is 0 Å². The quantitative estimate of drug-likeness (QED) is 0.729. The lowest BCUT2D eigenvalue weighted by Crippen LogP contribution is -2.25. The van der Waals surface area contributed by atoms with Crippen molar-refractivity contribution in [3.63, 3.8) is 0 Å². The van der Waals surface area contributed by atoms with Crippen molar-refractivity contribution in [2.24, 2.45) is 5.92 Å². The normalized spacial score (nSPS) is 20.6. The van der Waals surface area contributed by atoms with E-state index in [4.69, 9.17) is 4.42 Å². The summed E-state index contributed by atoms with van der Waals surface area (Å²) in [6.45, 7) is 9.96. The Morgan fingerprint density at radius 1 is 1.24 bits per heavy atom. The Hall–Kier alpha value is -0.800. The molecule has 1 aromatic rings. The molecule has 3 heteroatoms. The highest BCUT2D eigenvalue weighted by Gasteiger charge is 2.18. The van der Waals surface area contributed by atoms with Crippen molar-refractivity contribution < 1.29 is 4.42 Å². The van der Waals surface area contributed by atoms with Crippen molar-refractivity contribution in [3.8, 4) is 0 Å². The van der Waals surface area contributed by atoms with Gasteiger partial charge in [-0.05, 0) is 57.3 Å². The minimum atomic E-state index is 0.936. The highest BCUT2D eigenvalue weighted by atomic mass is 16.3. The molecule has 0 saturated carbocycles. The third kappa shape index (κ3) is 5.48. The summed E-state index contributed by atoms with van der Waals surface area (Å²) in [5.41, 5.74) is 1.33. The Balaban J connectivity index is 1.82. The first-order valence-corrected chi connectivity index (χ1v) is 8.81. The molecule has 120 valence electrons. The van der Waals surface area contributed by atoms with E-state index >= 15 is 0 Å². The van der Waals surface area contributed by atoms with Crippen LogP contribution in [0.25, 0.3) is 0 Å². The maximum Gasteiger partial charge on any atom is 0.122 e. The zero-order valence-corrected chi connectivity index (χ0v) is 13.9. The summed E-state index contributed by atoms with van der Waals surface area (Å²) in [5.74, 6) is 2.11. The summed E-state index contributed by atoms with van der Waals surface area (Å²) < 4.78 is 5.73. The SMILES string of the molecule is CCCNCc1ccoc1CN1CCCC(CCC)CC1. The lowest BCUT2D eigenvalue weighted by Gasteiger charge is -2.19. The van der Waals surface area contributed by atoms with Gasteiger partial charge >= 0.3 is 0 Å². The van der Waals surface area contributed by atoms with Gasteiger partial charge in [0, 0.05) is 12.1 Å². The molecule has 3 nitrogen and oxygen atoms in total. The van der Waals surface area contributed by atoms with E-state index in [9.17, 15) is 0 Å². The molecule has 0 aliphatic carbocycles. The first-order chi connectivity index (χ1) is 10.3. The third-order valence-electron chi connectivity index (χ3n) is 4.58. The van der Waals surface area contributed by atoms with E-state index in [0.717, 1.165) is 31.3 Å².